The number of hydrogen-bond donors (Lipinski definition) is 0. The first-order valence-electron chi connectivity index (χ1n) is 7.65. The second-order valence-corrected chi connectivity index (χ2v) is 5.17. The Hall–Kier alpha value is -1.30. The van der Waals surface area contributed by atoms with Crippen LogP contribution in [-0.4, -0.2) is 0 Å². The van der Waals surface area contributed by atoms with Gasteiger partial charge in [0.2, 0.25) is 0 Å². The van der Waals surface area contributed by atoms with Crippen molar-refractivity contribution in [3.05, 3.63) is 54.1 Å². The number of rotatable bonds is 8. The van der Waals surface area contributed by atoms with Crippen molar-refractivity contribution in [2.75, 3.05) is 0 Å². The third kappa shape index (κ3) is 4.70. The van der Waals surface area contributed by atoms with Gasteiger partial charge in [-0.25, -0.2) is 0 Å². The molecule has 0 radical (unpaired) electrons. The Balaban J connectivity index is 2.75. The lowest BCUT2D eigenvalue weighted by atomic mass is 9.90. The van der Waals surface area contributed by atoms with Crippen molar-refractivity contribution in [1.82, 2.24) is 0 Å². The summed E-state index contributed by atoms with van der Waals surface area (Å²) in [6, 6.07) is 9.05. The fraction of sp³-hybridized carbons (Fsp3) is 0.474. The largest absolute Gasteiger partial charge is 0.0985 e. The van der Waals surface area contributed by atoms with E-state index < -0.39 is 0 Å². The van der Waals surface area contributed by atoms with Crippen molar-refractivity contribution in [3.8, 4) is 0 Å². The van der Waals surface area contributed by atoms with Crippen LogP contribution in [0.2, 0.25) is 0 Å². The van der Waals surface area contributed by atoms with Gasteiger partial charge in [0.05, 0.1) is 0 Å². The summed E-state index contributed by atoms with van der Waals surface area (Å²) in [6.45, 7) is 10.5. The lowest BCUT2D eigenvalue weighted by Crippen LogP contribution is -1.97. The smallest absolute Gasteiger partial charge is 0.0165 e. The average Bonchev–Trinajstić information content (AvgIpc) is 2.46. The molecule has 19 heavy (non-hydrogen) atoms. The molecule has 0 N–H and O–H groups in total. The Morgan fingerprint density at radius 1 is 1.16 bits per heavy atom. The molecule has 0 bridgehead atoms. The molecule has 0 amide bonds. The van der Waals surface area contributed by atoms with Crippen LogP contribution in [0.4, 0.5) is 0 Å². The molecular weight excluding hydrogens is 228 g/mol. The van der Waals surface area contributed by atoms with E-state index >= 15 is 0 Å². The molecule has 0 fully saturated rings. The van der Waals surface area contributed by atoms with E-state index in [9.17, 15) is 0 Å². The fourth-order valence-electron chi connectivity index (χ4n) is 2.60. The number of allylic oxidation sites excluding steroid dienone is 3. The summed E-state index contributed by atoms with van der Waals surface area (Å²) in [5, 5.41) is 0. The molecule has 1 aromatic rings. The maximum atomic E-state index is 3.86. The Morgan fingerprint density at radius 3 is 2.32 bits per heavy atom. The van der Waals surface area contributed by atoms with Crippen molar-refractivity contribution in [1.29, 1.82) is 0 Å². The lowest BCUT2D eigenvalue weighted by Gasteiger charge is -2.15. The lowest BCUT2D eigenvalue weighted by molar-refractivity contribution is 0.553. The van der Waals surface area contributed by atoms with Gasteiger partial charge in [-0.05, 0) is 42.4 Å². The van der Waals surface area contributed by atoms with Crippen LogP contribution in [0.5, 0.6) is 0 Å². The number of benzene rings is 1. The number of unbranched alkanes of at least 4 members (excludes halogenated alkanes) is 2. The normalized spacial score (nSPS) is 13.3. The summed E-state index contributed by atoms with van der Waals surface area (Å²) >= 11 is 0. The monoisotopic (exact) mass is 256 g/mol. The molecule has 0 aliphatic heterocycles. The van der Waals surface area contributed by atoms with Crippen LogP contribution in [0.1, 0.15) is 69.9 Å². The SMILES string of the molecule is C=C/C(=C\C)c1ccc(C(CC)CCCCC)cc1. The molecule has 1 unspecified atom stereocenters. The Morgan fingerprint density at radius 2 is 1.84 bits per heavy atom. The van der Waals surface area contributed by atoms with E-state index in [0.717, 1.165) is 5.92 Å². The van der Waals surface area contributed by atoms with Crippen LogP contribution in [0, 0.1) is 0 Å². The summed E-state index contributed by atoms with van der Waals surface area (Å²) < 4.78 is 0. The Labute approximate surface area is 119 Å². The van der Waals surface area contributed by atoms with Gasteiger partial charge in [-0.2, -0.15) is 0 Å². The topological polar surface area (TPSA) is 0 Å². The molecule has 0 nitrogen and oxygen atoms in total. The fourth-order valence-corrected chi connectivity index (χ4v) is 2.60. The molecule has 1 atom stereocenters. The first kappa shape index (κ1) is 15.8. The minimum atomic E-state index is 0.721. The average molecular weight is 256 g/mol. The molecule has 0 saturated carbocycles. The minimum Gasteiger partial charge on any atom is -0.0985 e. The number of hydrogen-bond acceptors (Lipinski definition) is 0. The van der Waals surface area contributed by atoms with Crippen molar-refractivity contribution >= 4 is 5.57 Å². The Bertz CT molecular complexity index is 395. The highest BCUT2D eigenvalue weighted by molar-refractivity contribution is 5.73. The molecule has 0 heteroatoms. The summed E-state index contributed by atoms with van der Waals surface area (Å²) in [5.74, 6) is 0.721. The van der Waals surface area contributed by atoms with Gasteiger partial charge in [-0.3, -0.25) is 0 Å². The van der Waals surface area contributed by atoms with Gasteiger partial charge in [0.15, 0.2) is 0 Å². The van der Waals surface area contributed by atoms with Crippen LogP contribution < -0.4 is 0 Å². The standard InChI is InChI=1S/C19H28/c1-5-9-10-11-17(8-4)19-14-12-18(13-15-19)16(6-2)7-3/h6-7,12-15,17H,2,5,8-11H2,1,3-4H3/b16-7+. The van der Waals surface area contributed by atoms with Crippen molar-refractivity contribution in [2.24, 2.45) is 0 Å². The predicted octanol–water partition coefficient (Wildman–Crippen LogP) is 6.35. The van der Waals surface area contributed by atoms with Gasteiger partial charge in [-0.15, -0.1) is 0 Å². The van der Waals surface area contributed by atoms with E-state index in [4.69, 9.17) is 0 Å². The van der Waals surface area contributed by atoms with E-state index in [0.29, 0.717) is 0 Å². The molecule has 0 aliphatic rings. The molecular formula is C19H28. The third-order valence-electron chi connectivity index (χ3n) is 3.90. The highest BCUT2D eigenvalue weighted by atomic mass is 14.1. The van der Waals surface area contributed by atoms with E-state index in [1.54, 1.807) is 0 Å². The molecule has 1 aromatic carbocycles. The van der Waals surface area contributed by atoms with Gasteiger partial charge in [0.1, 0.15) is 0 Å². The molecule has 104 valence electrons. The van der Waals surface area contributed by atoms with Gasteiger partial charge < -0.3 is 0 Å². The van der Waals surface area contributed by atoms with E-state index in [-0.39, 0.29) is 0 Å². The van der Waals surface area contributed by atoms with E-state index in [1.165, 1.54) is 48.8 Å². The molecule has 0 aromatic heterocycles. The molecule has 0 heterocycles. The Kier molecular flexibility index (Phi) is 7.25. The third-order valence-corrected chi connectivity index (χ3v) is 3.90. The van der Waals surface area contributed by atoms with E-state index in [1.807, 2.05) is 6.08 Å². The maximum absolute atomic E-state index is 3.86. The van der Waals surface area contributed by atoms with Crippen LogP contribution >= 0.6 is 0 Å². The summed E-state index contributed by atoms with van der Waals surface area (Å²) in [4.78, 5) is 0. The van der Waals surface area contributed by atoms with Gasteiger partial charge in [0, 0.05) is 0 Å². The maximum Gasteiger partial charge on any atom is -0.0165 e. The molecule has 0 spiro atoms. The van der Waals surface area contributed by atoms with Crippen LogP contribution in [-0.2, 0) is 0 Å². The van der Waals surface area contributed by atoms with Crippen molar-refractivity contribution in [2.45, 2.75) is 58.8 Å². The second kappa shape index (κ2) is 8.74. The van der Waals surface area contributed by atoms with Gasteiger partial charge >= 0.3 is 0 Å². The van der Waals surface area contributed by atoms with Crippen molar-refractivity contribution < 1.29 is 0 Å². The first-order chi connectivity index (χ1) is 9.26. The quantitative estimate of drug-likeness (QED) is 0.375. The molecule has 0 aliphatic carbocycles. The predicted molar refractivity (Wildman–Crippen MR) is 87.5 cm³/mol. The van der Waals surface area contributed by atoms with Gasteiger partial charge in [0.25, 0.3) is 0 Å². The van der Waals surface area contributed by atoms with Crippen LogP contribution in [0.15, 0.2) is 43.0 Å². The summed E-state index contributed by atoms with van der Waals surface area (Å²) in [5.41, 5.74) is 3.97. The van der Waals surface area contributed by atoms with Crippen LogP contribution in [0.25, 0.3) is 5.57 Å². The minimum absolute atomic E-state index is 0.721. The highest BCUT2D eigenvalue weighted by Gasteiger charge is 2.09. The summed E-state index contributed by atoms with van der Waals surface area (Å²) in [7, 11) is 0. The van der Waals surface area contributed by atoms with E-state index in [2.05, 4.69) is 57.7 Å². The van der Waals surface area contributed by atoms with Gasteiger partial charge in [-0.1, -0.05) is 76.1 Å². The highest BCUT2D eigenvalue weighted by Crippen LogP contribution is 2.27. The summed E-state index contributed by atoms with van der Waals surface area (Å²) in [6.07, 6.45) is 10.6. The zero-order chi connectivity index (χ0) is 14.1. The zero-order valence-electron chi connectivity index (χ0n) is 12.8. The molecule has 0 saturated heterocycles. The first-order valence-corrected chi connectivity index (χ1v) is 7.65. The van der Waals surface area contributed by atoms with Crippen LogP contribution in [0.3, 0.4) is 0 Å². The van der Waals surface area contributed by atoms with Crippen molar-refractivity contribution in [3.63, 3.8) is 0 Å². The second-order valence-electron chi connectivity index (χ2n) is 5.17. The zero-order valence-corrected chi connectivity index (χ0v) is 12.8. The molecule has 1 rings (SSSR count).